The number of carbonyl (C=O) groups is 1. The Morgan fingerprint density at radius 2 is 1.91 bits per heavy atom. The van der Waals surface area contributed by atoms with Crippen LogP contribution in [0.3, 0.4) is 0 Å². The van der Waals surface area contributed by atoms with Crippen LogP contribution in [-0.2, 0) is 20.0 Å². The number of aromatic nitrogens is 1. The molecule has 2 aromatic rings. The van der Waals surface area contributed by atoms with Gasteiger partial charge in [0.15, 0.2) is 5.78 Å². The number of ketones is 1. The van der Waals surface area contributed by atoms with E-state index < -0.39 is 0 Å². The fraction of sp³-hybridized carbons (Fsp3) is 0.421. The summed E-state index contributed by atoms with van der Waals surface area (Å²) in [6, 6.07) is 12.6. The van der Waals surface area contributed by atoms with Crippen molar-refractivity contribution in [2.75, 3.05) is 13.1 Å². The molecule has 0 unspecified atom stereocenters. The Morgan fingerprint density at radius 1 is 1.18 bits per heavy atom. The average molecular weight is 298 g/mol. The molecule has 0 aliphatic carbocycles. The van der Waals surface area contributed by atoms with E-state index in [0.29, 0.717) is 0 Å². The van der Waals surface area contributed by atoms with Gasteiger partial charge >= 0.3 is 0 Å². The standard InChI is InChI=1S/C19H26N2O/c1-4-11-21(12-10-17-8-6-5-7-9-17)15-19-13-18(16(2)22)14-20(19)3/h5-9,13-14H,4,10-12,15H2,1-3H3. The molecule has 0 N–H and O–H groups in total. The molecule has 22 heavy (non-hydrogen) atoms. The average Bonchev–Trinajstić information content (AvgIpc) is 2.87. The Labute approximate surface area is 133 Å². The van der Waals surface area contributed by atoms with E-state index in [2.05, 4.69) is 46.7 Å². The first kappa shape index (κ1) is 16.5. The van der Waals surface area contributed by atoms with Crippen LogP contribution in [0, 0.1) is 0 Å². The first-order valence-electron chi connectivity index (χ1n) is 8.02. The minimum atomic E-state index is 0.133. The largest absolute Gasteiger partial charge is 0.353 e. The second-order valence-electron chi connectivity index (χ2n) is 5.90. The summed E-state index contributed by atoms with van der Waals surface area (Å²) in [5.74, 6) is 0.133. The number of nitrogens with zero attached hydrogens (tertiary/aromatic N) is 2. The zero-order valence-electron chi connectivity index (χ0n) is 13.9. The third-order valence-corrected chi connectivity index (χ3v) is 4.00. The summed E-state index contributed by atoms with van der Waals surface area (Å²) in [6.45, 7) is 6.84. The molecule has 0 amide bonds. The molecule has 1 aromatic carbocycles. The first-order chi connectivity index (χ1) is 10.6. The SMILES string of the molecule is CCCN(CCc1ccccc1)Cc1cc(C(C)=O)cn1C. The Morgan fingerprint density at radius 3 is 2.50 bits per heavy atom. The van der Waals surface area contributed by atoms with Gasteiger partial charge in [-0.25, -0.2) is 0 Å². The van der Waals surface area contributed by atoms with Crippen molar-refractivity contribution in [3.63, 3.8) is 0 Å². The number of hydrogen-bond acceptors (Lipinski definition) is 2. The highest BCUT2D eigenvalue weighted by atomic mass is 16.1. The highest BCUT2D eigenvalue weighted by Gasteiger charge is 2.11. The van der Waals surface area contributed by atoms with Gasteiger partial charge in [0, 0.05) is 37.6 Å². The van der Waals surface area contributed by atoms with Gasteiger partial charge in [-0.3, -0.25) is 9.69 Å². The third-order valence-electron chi connectivity index (χ3n) is 4.00. The number of benzene rings is 1. The maximum atomic E-state index is 11.5. The van der Waals surface area contributed by atoms with E-state index >= 15 is 0 Å². The molecule has 3 heteroatoms. The van der Waals surface area contributed by atoms with Crippen molar-refractivity contribution in [2.45, 2.75) is 33.2 Å². The van der Waals surface area contributed by atoms with E-state index in [0.717, 1.165) is 38.0 Å². The van der Waals surface area contributed by atoms with Crippen LogP contribution >= 0.6 is 0 Å². The van der Waals surface area contributed by atoms with Gasteiger partial charge in [-0.2, -0.15) is 0 Å². The van der Waals surface area contributed by atoms with Crippen LogP contribution in [0.1, 0.15) is 41.9 Å². The van der Waals surface area contributed by atoms with Crippen molar-refractivity contribution in [1.29, 1.82) is 0 Å². The summed E-state index contributed by atoms with van der Waals surface area (Å²) >= 11 is 0. The summed E-state index contributed by atoms with van der Waals surface area (Å²) in [7, 11) is 2.02. The topological polar surface area (TPSA) is 25.2 Å². The molecule has 0 spiro atoms. The van der Waals surface area contributed by atoms with Crippen LogP contribution < -0.4 is 0 Å². The number of rotatable bonds is 8. The molecule has 0 fully saturated rings. The number of Topliss-reactive ketones (excluding diaryl/α,β-unsaturated/α-hetero) is 1. The lowest BCUT2D eigenvalue weighted by atomic mass is 10.1. The number of hydrogen-bond donors (Lipinski definition) is 0. The highest BCUT2D eigenvalue weighted by Crippen LogP contribution is 2.12. The quantitative estimate of drug-likeness (QED) is 0.695. The Bertz CT molecular complexity index is 601. The van der Waals surface area contributed by atoms with E-state index in [1.165, 1.54) is 11.3 Å². The summed E-state index contributed by atoms with van der Waals surface area (Å²) in [4.78, 5) is 14.0. The predicted octanol–water partition coefficient (Wildman–Crippen LogP) is 3.68. The van der Waals surface area contributed by atoms with Crippen molar-refractivity contribution >= 4 is 5.78 Å². The van der Waals surface area contributed by atoms with Crippen LogP contribution in [-0.4, -0.2) is 28.3 Å². The maximum Gasteiger partial charge on any atom is 0.161 e. The lowest BCUT2D eigenvalue weighted by Gasteiger charge is -2.22. The van der Waals surface area contributed by atoms with Crippen molar-refractivity contribution < 1.29 is 4.79 Å². The highest BCUT2D eigenvalue weighted by molar-refractivity contribution is 5.94. The molecule has 1 heterocycles. The molecule has 0 saturated carbocycles. The van der Waals surface area contributed by atoms with Crippen molar-refractivity contribution in [1.82, 2.24) is 9.47 Å². The van der Waals surface area contributed by atoms with E-state index in [-0.39, 0.29) is 5.78 Å². The van der Waals surface area contributed by atoms with Gasteiger partial charge in [0.2, 0.25) is 0 Å². The third kappa shape index (κ3) is 4.57. The van der Waals surface area contributed by atoms with E-state index in [4.69, 9.17) is 0 Å². The molecule has 118 valence electrons. The van der Waals surface area contributed by atoms with Gasteiger partial charge in [-0.15, -0.1) is 0 Å². The Balaban J connectivity index is 2.00. The van der Waals surface area contributed by atoms with Crippen LogP contribution in [0.25, 0.3) is 0 Å². The molecule has 3 nitrogen and oxygen atoms in total. The van der Waals surface area contributed by atoms with E-state index in [9.17, 15) is 4.79 Å². The second kappa shape index (κ2) is 7.95. The molecular weight excluding hydrogens is 272 g/mol. The lowest BCUT2D eigenvalue weighted by molar-refractivity contribution is 0.101. The fourth-order valence-electron chi connectivity index (χ4n) is 2.71. The summed E-state index contributed by atoms with van der Waals surface area (Å²) < 4.78 is 2.07. The van der Waals surface area contributed by atoms with Gasteiger partial charge in [-0.1, -0.05) is 37.3 Å². The molecule has 0 saturated heterocycles. The monoisotopic (exact) mass is 298 g/mol. The Kier molecular flexibility index (Phi) is 5.96. The van der Waals surface area contributed by atoms with E-state index in [1.54, 1.807) is 6.92 Å². The maximum absolute atomic E-state index is 11.5. The molecule has 0 radical (unpaired) electrons. The number of aryl methyl sites for hydroxylation is 1. The van der Waals surface area contributed by atoms with Gasteiger partial charge < -0.3 is 4.57 Å². The smallest absolute Gasteiger partial charge is 0.161 e. The fourth-order valence-corrected chi connectivity index (χ4v) is 2.71. The van der Waals surface area contributed by atoms with Crippen LogP contribution in [0.2, 0.25) is 0 Å². The summed E-state index contributed by atoms with van der Waals surface area (Å²) in [5, 5.41) is 0. The van der Waals surface area contributed by atoms with Crippen molar-refractivity contribution in [3.05, 3.63) is 59.4 Å². The van der Waals surface area contributed by atoms with Gasteiger partial charge in [0.05, 0.1) is 0 Å². The van der Waals surface area contributed by atoms with Crippen LogP contribution in [0.4, 0.5) is 0 Å². The molecular formula is C19H26N2O. The van der Waals surface area contributed by atoms with Crippen molar-refractivity contribution in [3.8, 4) is 0 Å². The van der Waals surface area contributed by atoms with Crippen molar-refractivity contribution in [2.24, 2.45) is 7.05 Å². The minimum Gasteiger partial charge on any atom is -0.353 e. The number of carbonyl (C=O) groups excluding carboxylic acids is 1. The molecule has 0 aliphatic heterocycles. The molecule has 2 rings (SSSR count). The van der Waals surface area contributed by atoms with Gasteiger partial charge in [0.1, 0.15) is 0 Å². The molecule has 0 aliphatic rings. The predicted molar refractivity (Wildman–Crippen MR) is 91.1 cm³/mol. The lowest BCUT2D eigenvalue weighted by Crippen LogP contribution is -2.27. The zero-order valence-corrected chi connectivity index (χ0v) is 13.9. The summed E-state index contributed by atoms with van der Waals surface area (Å²) in [5.41, 5.74) is 3.38. The first-order valence-corrected chi connectivity index (χ1v) is 8.02. The van der Waals surface area contributed by atoms with Crippen LogP contribution in [0.5, 0.6) is 0 Å². The molecule has 1 aromatic heterocycles. The van der Waals surface area contributed by atoms with E-state index in [1.807, 2.05) is 19.3 Å². The molecule has 0 bridgehead atoms. The normalized spacial score (nSPS) is 11.1. The van der Waals surface area contributed by atoms with Crippen LogP contribution in [0.15, 0.2) is 42.6 Å². The van der Waals surface area contributed by atoms with Gasteiger partial charge in [0.25, 0.3) is 0 Å². The minimum absolute atomic E-state index is 0.133. The summed E-state index contributed by atoms with van der Waals surface area (Å²) in [6.07, 6.45) is 4.13. The Hall–Kier alpha value is -1.87. The second-order valence-corrected chi connectivity index (χ2v) is 5.90. The van der Waals surface area contributed by atoms with Gasteiger partial charge in [-0.05, 0) is 37.9 Å². The molecule has 0 atom stereocenters. The zero-order chi connectivity index (χ0) is 15.9.